The fraction of sp³-hybridized carbons (Fsp3) is 0.522. The van der Waals surface area contributed by atoms with Crippen LogP contribution in [-0.2, 0) is 9.53 Å². The van der Waals surface area contributed by atoms with E-state index in [2.05, 4.69) is 67.7 Å². The Morgan fingerprint density at radius 2 is 1.42 bits per heavy atom. The van der Waals surface area contributed by atoms with Crippen molar-refractivity contribution in [3.63, 3.8) is 0 Å². The normalized spacial score (nSPS) is 19.8. The Morgan fingerprint density at radius 1 is 0.923 bits per heavy atom. The molecule has 0 aromatic rings. The molecule has 1 aliphatic heterocycles. The summed E-state index contributed by atoms with van der Waals surface area (Å²) < 4.78 is 5.06. The largest absolute Gasteiger partial charge is 0.460 e. The lowest BCUT2D eigenvalue weighted by Gasteiger charge is -2.15. The molecule has 0 saturated carbocycles. The van der Waals surface area contributed by atoms with E-state index in [1.807, 2.05) is 0 Å². The third-order valence-electron chi connectivity index (χ3n) is 4.13. The highest BCUT2D eigenvalue weighted by Crippen LogP contribution is 2.19. The van der Waals surface area contributed by atoms with Gasteiger partial charge in [0.2, 0.25) is 0 Å². The molecule has 0 bridgehead atoms. The molecule has 0 aromatic carbocycles. The van der Waals surface area contributed by atoms with Gasteiger partial charge in [0.25, 0.3) is 0 Å². The number of aliphatic hydroxyl groups is 1. The van der Waals surface area contributed by atoms with E-state index in [1.54, 1.807) is 0 Å². The average Bonchev–Trinajstić information content (AvgIpc) is 3.07. The van der Waals surface area contributed by atoms with Gasteiger partial charge in [-0.25, -0.2) is 0 Å². The molecule has 1 saturated heterocycles. The van der Waals surface area contributed by atoms with E-state index in [-0.39, 0.29) is 12.1 Å². The highest BCUT2D eigenvalue weighted by atomic mass is 16.6. The minimum Gasteiger partial charge on any atom is -0.460 e. The molecule has 0 amide bonds. The maximum absolute atomic E-state index is 11.0. The number of hydrogen-bond acceptors (Lipinski definition) is 3. The fourth-order valence-corrected chi connectivity index (χ4v) is 2.64. The van der Waals surface area contributed by atoms with Gasteiger partial charge in [-0.15, -0.1) is 0 Å². The highest BCUT2D eigenvalue weighted by Gasteiger charge is 2.29. The first-order valence-electron chi connectivity index (χ1n) is 9.86. The predicted molar refractivity (Wildman–Crippen MR) is 109 cm³/mol. The first-order chi connectivity index (χ1) is 12.7. The summed E-state index contributed by atoms with van der Waals surface area (Å²) in [5, 5.41) is 9.94. The Hall–Kier alpha value is -1.87. The zero-order chi connectivity index (χ0) is 18.9. The molecule has 144 valence electrons. The topological polar surface area (TPSA) is 46.5 Å². The Morgan fingerprint density at radius 3 is 1.88 bits per heavy atom. The number of hydrogen-bond donors (Lipinski definition) is 1. The third kappa shape index (κ3) is 11.6. The van der Waals surface area contributed by atoms with Crippen molar-refractivity contribution < 1.29 is 14.6 Å². The van der Waals surface area contributed by atoms with E-state index in [0.29, 0.717) is 19.3 Å². The molecule has 1 fully saturated rings. The lowest BCUT2D eigenvalue weighted by atomic mass is 10.1. The number of carbonyl (C=O) groups is 1. The number of carbonyl (C=O) groups excluding carboxylic acids is 1. The lowest BCUT2D eigenvalue weighted by molar-refractivity contribution is -0.145. The maximum atomic E-state index is 11.0. The van der Waals surface area contributed by atoms with Crippen molar-refractivity contribution in [2.24, 2.45) is 0 Å². The number of esters is 1. The molecule has 0 aliphatic carbocycles. The van der Waals surface area contributed by atoms with Gasteiger partial charge in [-0.05, 0) is 51.4 Å². The summed E-state index contributed by atoms with van der Waals surface area (Å²) in [6.07, 6.45) is 28.4. The van der Waals surface area contributed by atoms with Crippen molar-refractivity contribution in [2.45, 2.75) is 76.9 Å². The monoisotopic (exact) mass is 358 g/mol. The predicted octanol–water partition coefficient (Wildman–Crippen LogP) is 5.58. The average molecular weight is 359 g/mol. The molecular weight excluding hydrogens is 324 g/mol. The lowest BCUT2D eigenvalue weighted by Crippen LogP contribution is -2.25. The van der Waals surface area contributed by atoms with Gasteiger partial charge >= 0.3 is 5.97 Å². The third-order valence-corrected chi connectivity index (χ3v) is 4.13. The van der Waals surface area contributed by atoms with E-state index in [1.165, 1.54) is 0 Å². The van der Waals surface area contributed by atoms with Crippen molar-refractivity contribution in [1.29, 1.82) is 0 Å². The summed E-state index contributed by atoms with van der Waals surface area (Å²) in [4.78, 5) is 11.0. The van der Waals surface area contributed by atoms with Crippen LogP contribution in [0.25, 0.3) is 0 Å². The van der Waals surface area contributed by atoms with E-state index >= 15 is 0 Å². The zero-order valence-corrected chi connectivity index (χ0v) is 16.1. The van der Waals surface area contributed by atoms with E-state index in [0.717, 1.165) is 38.5 Å². The first-order valence-corrected chi connectivity index (χ1v) is 9.86. The van der Waals surface area contributed by atoms with Gasteiger partial charge in [-0.3, -0.25) is 4.79 Å². The minimum absolute atomic E-state index is 0.191. The minimum atomic E-state index is -0.538. The Labute approximate surface area is 158 Å². The maximum Gasteiger partial charge on any atom is 0.306 e. The van der Waals surface area contributed by atoms with Crippen LogP contribution in [0.2, 0.25) is 0 Å². The second-order valence-corrected chi connectivity index (χ2v) is 6.42. The highest BCUT2D eigenvalue weighted by molar-refractivity contribution is 5.71. The molecule has 1 heterocycles. The number of rotatable bonds is 13. The van der Waals surface area contributed by atoms with E-state index in [4.69, 9.17) is 4.74 Å². The molecule has 0 radical (unpaired) electrons. The first kappa shape index (κ1) is 22.2. The van der Waals surface area contributed by atoms with Gasteiger partial charge in [0.05, 0.1) is 6.10 Å². The molecule has 3 heteroatoms. The molecule has 3 nitrogen and oxygen atoms in total. The molecule has 1 rings (SSSR count). The number of allylic oxidation sites excluding steroid dienone is 10. The van der Waals surface area contributed by atoms with E-state index < -0.39 is 6.10 Å². The van der Waals surface area contributed by atoms with Gasteiger partial charge in [0, 0.05) is 6.42 Å². The van der Waals surface area contributed by atoms with Crippen molar-refractivity contribution >= 4 is 5.97 Å². The van der Waals surface area contributed by atoms with Crippen LogP contribution in [0, 0.1) is 0 Å². The number of aliphatic hydroxyl groups excluding tert-OH is 1. The molecule has 0 aromatic heterocycles. The van der Waals surface area contributed by atoms with Crippen molar-refractivity contribution in [1.82, 2.24) is 0 Å². The standard InChI is InChI=1S/C23H34O3/c1-2-3-4-5-6-7-8-9-10-11-12-13-14-15-16-17-18-21(24)22-19-20-23(25)26-22/h3-4,6-7,9-10,12-13,15-16,21-22,24H,2,5,8,11,14,17-20H2,1H3/b4-3-,7-6-,10-9-,13-12-,16-15-. The summed E-state index contributed by atoms with van der Waals surface area (Å²) in [7, 11) is 0. The second-order valence-electron chi connectivity index (χ2n) is 6.42. The summed E-state index contributed by atoms with van der Waals surface area (Å²) >= 11 is 0. The smallest absolute Gasteiger partial charge is 0.306 e. The van der Waals surface area contributed by atoms with Gasteiger partial charge in [-0.1, -0.05) is 67.7 Å². The molecule has 1 aliphatic rings. The Bertz CT molecular complexity index is 512. The van der Waals surface area contributed by atoms with Crippen LogP contribution in [0.1, 0.15) is 64.7 Å². The van der Waals surface area contributed by atoms with Crippen LogP contribution in [0.5, 0.6) is 0 Å². The molecule has 1 N–H and O–H groups in total. The van der Waals surface area contributed by atoms with Crippen LogP contribution >= 0.6 is 0 Å². The van der Waals surface area contributed by atoms with Gasteiger partial charge in [-0.2, -0.15) is 0 Å². The quantitative estimate of drug-likeness (QED) is 0.345. The van der Waals surface area contributed by atoms with Crippen LogP contribution < -0.4 is 0 Å². The molecule has 2 atom stereocenters. The fourth-order valence-electron chi connectivity index (χ4n) is 2.64. The second kappa shape index (κ2) is 15.4. The van der Waals surface area contributed by atoms with Crippen molar-refractivity contribution in [2.75, 3.05) is 0 Å². The summed E-state index contributed by atoms with van der Waals surface area (Å²) in [6.45, 7) is 2.15. The summed E-state index contributed by atoms with van der Waals surface area (Å²) in [5.41, 5.74) is 0. The Kier molecular flexibility index (Phi) is 13.1. The zero-order valence-electron chi connectivity index (χ0n) is 16.1. The van der Waals surface area contributed by atoms with Crippen molar-refractivity contribution in [3.05, 3.63) is 60.8 Å². The summed E-state index contributed by atoms with van der Waals surface area (Å²) in [5.74, 6) is -0.191. The van der Waals surface area contributed by atoms with Crippen molar-refractivity contribution in [3.8, 4) is 0 Å². The van der Waals surface area contributed by atoms with Crippen LogP contribution in [0.4, 0.5) is 0 Å². The molecule has 0 spiro atoms. The molecule has 2 unspecified atom stereocenters. The molecular formula is C23H34O3. The van der Waals surface area contributed by atoms with Gasteiger partial charge in [0.15, 0.2) is 0 Å². The SMILES string of the molecule is CC/C=C\C/C=C\C/C=C\C/C=C\C/C=C\CCC(O)C1CCC(=O)O1. The van der Waals surface area contributed by atoms with Gasteiger partial charge < -0.3 is 9.84 Å². The number of cyclic esters (lactones) is 1. The molecule has 26 heavy (non-hydrogen) atoms. The van der Waals surface area contributed by atoms with Gasteiger partial charge in [0.1, 0.15) is 6.10 Å². The Balaban J connectivity index is 1.98. The van der Waals surface area contributed by atoms with Crippen LogP contribution in [-0.4, -0.2) is 23.3 Å². The number of ether oxygens (including phenoxy) is 1. The van der Waals surface area contributed by atoms with Crippen LogP contribution in [0.3, 0.4) is 0 Å². The van der Waals surface area contributed by atoms with E-state index in [9.17, 15) is 9.90 Å². The summed E-state index contributed by atoms with van der Waals surface area (Å²) in [6, 6.07) is 0. The van der Waals surface area contributed by atoms with Crippen LogP contribution in [0.15, 0.2) is 60.8 Å².